The third kappa shape index (κ3) is 4.36. The van der Waals surface area contributed by atoms with Gasteiger partial charge >= 0.3 is 5.97 Å². The molecule has 2 aromatic rings. The van der Waals surface area contributed by atoms with Crippen molar-refractivity contribution in [3.63, 3.8) is 0 Å². The molecule has 0 aromatic carbocycles. The number of anilines is 1. The third-order valence-electron chi connectivity index (χ3n) is 2.51. The minimum atomic E-state index is -0.586. The average molecular weight is 319 g/mol. The second-order valence-corrected chi connectivity index (χ2v) is 6.54. The van der Waals surface area contributed by atoms with Gasteiger partial charge in [-0.1, -0.05) is 0 Å². The van der Waals surface area contributed by atoms with Gasteiger partial charge in [0.2, 0.25) is 0 Å². The van der Waals surface area contributed by atoms with Gasteiger partial charge in [-0.05, 0) is 39.8 Å². The van der Waals surface area contributed by atoms with Crippen LogP contribution >= 0.6 is 11.3 Å². The van der Waals surface area contributed by atoms with E-state index in [0.717, 1.165) is 5.69 Å². The topological polar surface area (TPSA) is 81.2 Å². The fourth-order valence-corrected chi connectivity index (χ4v) is 2.20. The lowest BCUT2D eigenvalue weighted by Gasteiger charge is -2.18. The number of hydrogen-bond donors (Lipinski definition) is 1. The van der Waals surface area contributed by atoms with Crippen molar-refractivity contribution in [3.05, 3.63) is 40.7 Å². The maximum atomic E-state index is 12.0. The molecule has 2 rings (SSSR count). The highest BCUT2D eigenvalue weighted by Gasteiger charge is 2.20. The van der Waals surface area contributed by atoms with Crippen LogP contribution in [0.5, 0.6) is 0 Å². The predicted molar refractivity (Wildman–Crippen MR) is 84.2 cm³/mol. The van der Waals surface area contributed by atoms with Crippen LogP contribution in [0.2, 0.25) is 0 Å². The van der Waals surface area contributed by atoms with Crippen LogP contribution in [0.3, 0.4) is 0 Å². The van der Waals surface area contributed by atoms with E-state index in [4.69, 9.17) is 4.74 Å². The first kappa shape index (κ1) is 16.1. The highest BCUT2D eigenvalue weighted by molar-refractivity contribution is 7.14. The SMILES string of the molecule is Cc1ccc(C(=O)Nc2nc(C(=O)OC(C)(C)C)cs2)cn1. The van der Waals surface area contributed by atoms with Gasteiger partial charge in [-0.15, -0.1) is 11.3 Å². The summed E-state index contributed by atoms with van der Waals surface area (Å²) in [6, 6.07) is 3.43. The average Bonchev–Trinajstić information content (AvgIpc) is 2.86. The Kier molecular flexibility index (Phi) is 4.56. The summed E-state index contributed by atoms with van der Waals surface area (Å²) >= 11 is 1.17. The number of pyridine rings is 1. The lowest BCUT2D eigenvalue weighted by molar-refractivity contribution is 0.00636. The Morgan fingerprint density at radius 1 is 1.27 bits per heavy atom. The van der Waals surface area contributed by atoms with Crippen molar-refractivity contribution in [1.29, 1.82) is 0 Å². The van der Waals surface area contributed by atoms with Crippen LogP contribution in [0.15, 0.2) is 23.7 Å². The molecule has 6 nitrogen and oxygen atoms in total. The summed E-state index contributed by atoms with van der Waals surface area (Å²) in [6.07, 6.45) is 1.49. The molecule has 0 saturated heterocycles. The van der Waals surface area contributed by atoms with Gasteiger partial charge in [-0.2, -0.15) is 0 Å². The number of aryl methyl sites for hydroxylation is 1. The quantitative estimate of drug-likeness (QED) is 0.879. The van der Waals surface area contributed by atoms with Crippen LogP contribution in [0.4, 0.5) is 5.13 Å². The molecule has 116 valence electrons. The molecular weight excluding hydrogens is 302 g/mol. The highest BCUT2D eigenvalue weighted by atomic mass is 32.1. The van der Waals surface area contributed by atoms with E-state index in [-0.39, 0.29) is 11.6 Å². The maximum absolute atomic E-state index is 12.0. The van der Waals surface area contributed by atoms with E-state index < -0.39 is 11.6 Å². The standard InChI is InChI=1S/C15H17N3O3S/c1-9-5-6-10(7-16-9)12(19)18-14-17-11(8-22-14)13(20)21-15(2,3)4/h5-8H,1-4H3,(H,17,18,19). The minimum absolute atomic E-state index is 0.178. The predicted octanol–water partition coefficient (Wildman–Crippen LogP) is 3.05. The largest absolute Gasteiger partial charge is 0.455 e. The van der Waals surface area contributed by atoms with E-state index in [1.807, 2.05) is 6.92 Å². The Bertz CT molecular complexity index is 687. The number of aromatic nitrogens is 2. The first-order valence-electron chi connectivity index (χ1n) is 6.67. The number of nitrogens with one attached hydrogen (secondary N) is 1. The summed E-state index contributed by atoms with van der Waals surface area (Å²) in [5.74, 6) is -0.834. The number of carbonyl (C=O) groups excluding carboxylic acids is 2. The molecule has 2 aromatic heterocycles. The van der Waals surface area contributed by atoms with E-state index in [1.54, 1.807) is 38.3 Å². The summed E-state index contributed by atoms with van der Waals surface area (Å²) in [5, 5.41) is 4.53. The zero-order chi connectivity index (χ0) is 16.3. The van der Waals surface area contributed by atoms with Gasteiger partial charge in [0, 0.05) is 17.3 Å². The fraction of sp³-hybridized carbons (Fsp3) is 0.333. The zero-order valence-electron chi connectivity index (χ0n) is 12.8. The number of nitrogens with zero attached hydrogens (tertiary/aromatic N) is 2. The number of esters is 1. The fourth-order valence-electron chi connectivity index (χ4n) is 1.53. The van der Waals surface area contributed by atoms with Gasteiger partial charge < -0.3 is 4.74 Å². The molecular formula is C15H17N3O3S. The second kappa shape index (κ2) is 6.23. The molecule has 22 heavy (non-hydrogen) atoms. The molecule has 0 aliphatic carbocycles. The summed E-state index contributed by atoms with van der Waals surface area (Å²) in [7, 11) is 0. The molecule has 0 aliphatic rings. The number of hydrogen-bond acceptors (Lipinski definition) is 6. The van der Waals surface area contributed by atoms with E-state index in [0.29, 0.717) is 10.7 Å². The van der Waals surface area contributed by atoms with Crippen molar-refractivity contribution in [2.75, 3.05) is 5.32 Å². The van der Waals surface area contributed by atoms with Crippen LogP contribution in [-0.2, 0) is 4.74 Å². The van der Waals surface area contributed by atoms with Crippen LogP contribution in [0, 0.1) is 6.92 Å². The smallest absolute Gasteiger partial charge is 0.358 e. The van der Waals surface area contributed by atoms with Gasteiger partial charge in [0.1, 0.15) is 5.60 Å². The molecule has 0 spiro atoms. The normalized spacial score (nSPS) is 11.1. The van der Waals surface area contributed by atoms with Gasteiger partial charge in [-0.3, -0.25) is 15.1 Å². The van der Waals surface area contributed by atoms with Gasteiger partial charge in [0.15, 0.2) is 10.8 Å². The van der Waals surface area contributed by atoms with Gasteiger partial charge in [0.05, 0.1) is 5.56 Å². The summed E-state index contributed by atoms with van der Waals surface area (Å²) in [5.41, 5.74) is 0.854. The van der Waals surface area contributed by atoms with Crippen LogP contribution in [0.1, 0.15) is 47.3 Å². The molecule has 0 aliphatic heterocycles. The summed E-state index contributed by atoms with van der Waals surface area (Å²) in [4.78, 5) is 32.0. The maximum Gasteiger partial charge on any atom is 0.358 e. The van der Waals surface area contributed by atoms with Crippen LogP contribution < -0.4 is 5.32 Å². The molecule has 0 fully saturated rings. The van der Waals surface area contributed by atoms with Gasteiger partial charge in [-0.25, -0.2) is 9.78 Å². The van der Waals surface area contributed by atoms with Crippen molar-refractivity contribution >= 4 is 28.3 Å². The second-order valence-electron chi connectivity index (χ2n) is 5.68. The molecule has 0 unspecified atom stereocenters. The van der Waals surface area contributed by atoms with E-state index in [2.05, 4.69) is 15.3 Å². The van der Waals surface area contributed by atoms with Crippen LogP contribution in [0.25, 0.3) is 0 Å². The summed E-state index contributed by atoms with van der Waals surface area (Å²) < 4.78 is 5.22. The van der Waals surface area contributed by atoms with Crippen molar-refractivity contribution in [2.45, 2.75) is 33.3 Å². The molecule has 0 saturated carbocycles. The van der Waals surface area contributed by atoms with Gasteiger partial charge in [0.25, 0.3) is 5.91 Å². The molecule has 0 radical (unpaired) electrons. The Balaban J connectivity index is 2.04. The minimum Gasteiger partial charge on any atom is -0.455 e. The Labute approximate surface area is 132 Å². The van der Waals surface area contributed by atoms with Crippen molar-refractivity contribution in [1.82, 2.24) is 9.97 Å². The van der Waals surface area contributed by atoms with E-state index in [1.165, 1.54) is 17.5 Å². The molecule has 1 N–H and O–H groups in total. The zero-order valence-corrected chi connectivity index (χ0v) is 13.7. The summed E-state index contributed by atoms with van der Waals surface area (Å²) in [6.45, 7) is 7.19. The number of ether oxygens (including phenoxy) is 1. The van der Waals surface area contributed by atoms with Crippen molar-refractivity contribution in [3.8, 4) is 0 Å². The highest BCUT2D eigenvalue weighted by Crippen LogP contribution is 2.19. The van der Waals surface area contributed by atoms with E-state index >= 15 is 0 Å². The Morgan fingerprint density at radius 3 is 2.59 bits per heavy atom. The number of amides is 1. The van der Waals surface area contributed by atoms with Crippen molar-refractivity contribution in [2.24, 2.45) is 0 Å². The first-order valence-corrected chi connectivity index (χ1v) is 7.55. The molecule has 0 atom stereocenters. The molecule has 0 bridgehead atoms. The monoisotopic (exact) mass is 319 g/mol. The lowest BCUT2D eigenvalue weighted by atomic mass is 10.2. The molecule has 1 amide bonds. The third-order valence-corrected chi connectivity index (χ3v) is 3.26. The number of carbonyl (C=O) groups is 2. The Morgan fingerprint density at radius 2 is 2.00 bits per heavy atom. The van der Waals surface area contributed by atoms with E-state index in [9.17, 15) is 9.59 Å². The first-order chi connectivity index (χ1) is 10.2. The Hall–Kier alpha value is -2.28. The molecule has 2 heterocycles. The number of thiazole rings is 1. The van der Waals surface area contributed by atoms with Crippen LogP contribution in [-0.4, -0.2) is 27.4 Å². The molecule has 7 heteroatoms. The lowest BCUT2D eigenvalue weighted by Crippen LogP contribution is -2.24. The number of rotatable bonds is 3. The van der Waals surface area contributed by atoms with Crippen molar-refractivity contribution < 1.29 is 14.3 Å².